The van der Waals surface area contributed by atoms with Crippen LogP contribution in [0.1, 0.15) is 11.1 Å². The number of nitrogens with zero attached hydrogens (tertiary/aromatic N) is 1. The summed E-state index contributed by atoms with van der Waals surface area (Å²) < 4.78 is 1.15. The van der Waals surface area contributed by atoms with E-state index in [0.717, 1.165) is 17.6 Å². The average molecular weight is 325 g/mol. The molecule has 0 aliphatic heterocycles. The van der Waals surface area contributed by atoms with E-state index in [-0.39, 0.29) is 0 Å². The molecule has 1 heterocycles. The Morgan fingerprint density at radius 2 is 2.11 bits per heavy atom. The Kier molecular flexibility index (Phi) is 4.80. The van der Waals surface area contributed by atoms with Gasteiger partial charge in [0.1, 0.15) is 0 Å². The molecule has 0 unspecified atom stereocenters. The zero-order valence-corrected chi connectivity index (χ0v) is 13.0. The molecule has 1 aromatic heterocycles. The van der Waals surface area contributed by atoms with Gasteiger partial charge in [0, 0.05) is 24.6 Å². The van der Waals surface area contributed by atoms with E-state index in [0.29, 0.717) is 0 Å². The van der Waals surface area contributed by atoms with Crippen LogP contribution in [0, 0.1) is 0 Å². The van der Waals surface area contributed by atoms with Crippen LogP contribution in [0.15, 0.2) is 39.5 Å². The predicted octanol–water partition coefficient (Wildman–Crippen LogP) is 3.87. The fourth-order valence-electron chi connectivity index (χ4n) is 1.92. The SMILES string of the molecule is CNCc1ccc(N(C)Cc2ccsc2)c(Br)c1. The molecule has 0 radical (unpaired) electrons. The lowest BCUT2D eigenvalue weighted by molar-refractivity contribution is 0.816. The van der Waals surface area contributed by atoms with Crippen molar-refractivity contribution in [2.24, 2.45) is 0 Å². The molecule has 0 fully saturated rings. The van der Waals surface area contributed by atoms with E-state index in [1.165, 1.54) is 16.8 Å². The molecular formula is C14H17BrN2S. The van der Waals surface area contributed by atoms with Crippen molar-refractivity contribution in [2.75, 3.05) is 19.0 Å². The summed E-state index contributed by atoms with van der Waals surface area (Å²) in [5.41, 5.74) is 3.87. The molecule has 0 saturated heterocycles. The Morgan fingerprint density at radius 1 is 1.28 bits per heavy atom. The van der Waals surface area contributed by atoms with Crippen LogP contribution in [0.25, 0.3) is 0 Å². The maximum Gasteiger partial charge on any atom is 0.0511 e. The van der Waals surface area contributed by atoms with Crippen LogP contribution in [0.2, 0.25) is 0 Å². The van der Waals surface area contributed by atoms with Crippen LogP contribution in [0.4, 0.5) is 5.69 Å². The zero-order chi connectivity index (χ0) is 13.0. The van der Waals surface area contributed by atoms with Gasteiger partial charge in [-0.15, -0.1) is 0 Å². The summed E-state index contributed by atoms with van der Waals surface area (Å²) in [6, 6.07) is 8.68. The molecule has 1 aromatic carbocycles. The maximum atomic E-state index is 3.65. The second kappa shape index (κ2) is 6.36. The van der Waals surface area contributed by atoms with Gasteiger partial charge in [0.15, 0.2) is 0 Å². The van der Waals surface area contributed by atoms with Gasteiger partial charge < -0.3 is 10.2 Å². The summed E-state index contributed by atoms with van der Waals surface area (Å²) >= 11 is 5.40. The summed E-state index contributed by atoms with van der Waals surface area (Å²) in [5.74, 6) is 0. The minimum atomic E-state index is 0.896. The van der Waals surface area contributed by atoms with Crippen molar-refractivity contribution in [2.45, 2.75) is 13.1 Å². The van der Waals surface area contributed by atoms with Gasteiger partial charge in [-0.05, 0) is 63.1 Å². The molecule has 0 spiro atoms. The van der Waals surface area contributed by atoms with E-state index in [1.54, 1.807) is 11.3 Å². The Labute approximate surface area is 121 Å². The molecule has 0 bridgehead atoms. The summed E-state index contributed by atoms with van der Waals surface area (Å²) in [6.45, 7) is 1.83. The second-order valence-electron chi connectivity index (χ2n) is 4.30. The van der Waals surface area contributed by atoms with E-state index in [2.05, 4.69) is 68.2 Å². The molecule has 1 N–H and O–H groups in total. The zero-order valence-electron chi connectivity index (χ0n) is 10.6. The highest BCUT2D eigenvalue weighted by Crippen LogP contribution is 2.27. The van der Waals surface area contributed by atoms with E-state index >= 15 is 0 Å². The second-order valence-corrected chi connectivity index (χ2v) is 5.94. The first-order valence-electron chi connectivity index (χ1n) is 5.86. The van der Waals surface area contributed by atoms with Crippen LogP contribution < -0.4 is 10.2 Å². The predicted molar refractivity (Wildman–Crippen MR) is 83.3 cm³/mol. The lowest BCUT2D eigenvalue weighted by atomic mass is 10.2. The van der Waals surface area contributed by atoms with E-state index in [4.69, 9.17) is 0 Å². The van der Waals surface area contributed by atoms with E-state index in [9.17, 15) is 0 Å². The van der Waals surface area contributed by atoms with Crippen LogP contribution >= 0.6 is 27.3 Å². The number of hydrogen-bond donors (Lipinski definition) is 1. The van der Waals surface area contributed by atoms with Crippen molar-refractivity contribution in [3.05, 3.63) is 50.6 Å². The van der Waals surface area contributed by atoms with E-state index < -0.39 is 0 Å². The van der Waals surface area contributed by atoms with Crippen LogP contribution in [0.5, 0.6) is 0 Å². The smallest absolute Gasteiger partial charge is 0.0511 e. The Morgan fingerprint density at radius 3 is 2.72 bits per heavy atom. The van der Waals surface area contributed by atoms with Crippen molar-refractivity contribution in [3.63, 3.8) is 0 Å². The largest absolute Gasteiger partial charge is 0.369 e. The number of thiophene rings is 1. The third-order valence-corrected chi connectivity index (χ3v) is 4.17. The van der Waals surface area contributed by atoms with Gasteiger partial charge in [0.05, 0.1) is 5.69 Å². The van der Waals surface area contributed by atoms with Gasteiger partial charge in [0.2, 0.25) is 0 Å². The molecule has 0 amide bonds. The van der Waals surface area contributed by atoms with Gasteiger partial charge in [-0.25, -0.2) is 0 Å². The van der Waals surface area contributed by atoms with Crippen LogP contribution in [-0.4, -0.2) is 14.1 Å². The molecule has 0 saturated carbocycles. The number of nitrogens with one attached hydrogen (secondary N) is 1. The minimum Gasteiger partial charge on any atom is -0.369 e. The molecule has 2 aromatic rings. The number of rotatable bonds is 5. The first kappa shape index (κ1) is 13.6. The Hall–Kier alpha value is -0.840. The maximum absolute atomic E-state index is 3.65. The monoisotopic (exact) mass is 324 g/mol. The lowest BCUT2D eigenvalue weighted by Gasteiger charge is -2.20. The van der Waals surface area contributed by atoms with Gasteiger partial charge in [-0.3, -0.25) is 0 Å². The van der Waals surface area contributed by atoms with Gasteiger partial charge in [-0.2, -0.15) is 11.3 Å². The number of benzene rings is 1. The van der Waals surface area contributed by atoms with Crippen molar-refractivity contribution in [1.82, 2.24) is 5.32 Å². The quantitative estimate of drug-likeness (QED) is 0.898. The number of hydrogen-bond acceptors (Lipinski definition) is 3. The molecule has 2 rings (SSSR count). The third kappa shape index (κ3) is 3.34. The first-order valence-corrected chi connectivity index (χ1v) is 7.59. The average Bonchev–Trinajstić information content (AvgIpc) is 2.82. The topological polar surface area (TPSA) is 15.3 Å². The lowest BCUT2D eigenvalue weighted by Crippen LogP contribution is -2.16. The van der Waals surface area contributed by atoms with Crippen molar-refractivity contribution >= 4 is 33.0 Å². The highest BCUT2D eigenvalue weighted by atomic mass is 79.9. The summed E-state index contributed by atoms with van der Waals surface area (Å²) in [4.78, 5) is 2.26. The Bertz CT molecular complexity index is 497. The van der Waals surface area contributed by atoms with Crippen molar-refractivity contribution in [3.8, 4) is 0 Å². The van der Waals surface area contributed by atoms with Gasteiger partial charge in [0.25, 0.3) is 0 Å². The summed E-state index contributed by atoms with van der Waals surface area (Å²) in [5, 5.41) is 7.48. The van der Waals surface area contributed by atoms with Crippen LogP contribution in [0.3, 0.4) is 0 Å². The molecule has 2 nitrogen and oxygen atoms in total. The fourth-order valence-corrected chi connectivity index (χ4v) is 3.30. The molecule has 0 aliphatic rings. The molecular weight excluding hydrogens is 308 g/mol. The number of anilines is 1. The van der Waals surface area contributed by atoms with Crippen LogP contribution in [-0.2, 0) is 13.1 Å². The molecule has 96 valence electrons. The molecule has 18 heavy (non-hydrogen) atoms. The summed E-state index contributed by atoms with van der Waals surface area (Å²) in [6.07, 6.45) is 0. The molecule has 0 aliphatic carbocycles. The fraction of sp³-hybridized carbons (Fsp3) is 0.286. The minimum absolute atomic E-state index is 0.896. The van der Waals surface area contributed by atoms with E-state index in [1.807, 2.05) is 7.05 Å². The highest BCUT2D eigenvalue weighted by Gasteiger charge is 2.07. The van der Waals surface area contributed by atoms with Gasteiger partial charge in [-0.1, -0.05) is 6.07 Å². The Balaban J connectivity index is 2.12. The number of halogens is 1. The molecule has 0 atom stereocenters. The summed E-state index contributed by atoms with van der Waals surface area (Å²) in [7, 11) is 4.08. The molecule has 4 heteroatoms. The standard InChI is InChI=1S/C14H17BrN2S/c1-16-8-11-3-4-14(13(15)7-11)17(2)9-12-5-6-18-10-12/h3-7,10,16H,8-9H2,1-2H3. The third-order valence-electron chi connectivity index (χ3n) is 2.80. The van der Waals surface area contributed by atoms with Crippen molar-refractivity contribution in [1.29, 1.82) is 0 Å². The highest BCUT2D eigenvalue weighted by molar-refractivity contribution is 9.10. The normalized spacial score (nSPS) is 10.6. The first-order chi connectivity index (χ1) is 8.70. The van der Waals surface area contributed by atoms with Gasteiger partial charge >= 0.3 is 0 Å². The van der Waals surface area contributed by atoms with Crippen molar-refractivity contribution < 1.29 is 0 Å².